The zero-order valence-electron chi connectivity index (χ0n) is 8.67. The molecule has 1 atom stereocenters. The monoisotopic (exact) mass is 182 g/mol. The van der Waals surface area contributed by atoms with Crippen molar-refractivity contribution in [1.29, 1.82) is 0 Å². The first-order valence-electron chi connectivity index (χ1n) is 4.95. The fraction of sp³-hybridized carbons (Fsp3) is 0.727. The van der Waals surface area contributed by atoms with Crippen LogP contribution in [0.25, 0.3) is 0 Å². The van der Waals surface area contributed by atoms with Crippen LogP contribution in [-0.4, -0.2) is 11.9 Å². The molecule has 0 aromatic heterocycles. The highest BCUT2D eigenvalue weighted by Crippen LogP contribution is 2.25. The minimum absolute atomic E-state index is 0.236. The SMILES string of the molecule is CC(=O)C1CC=C(OC(C)C)CC1. The number of carbonyl (C=O) groups excluding carboxylic acids is 1. The van der Waals surface area contributed by atoms with Crippen molar-refractivity contribution in [3.05, 3.63) is 11.8 Å². The summed E-state index contributed by atoms with van der Waals surface area (Å²) < 4.78 is 5.57. The maximum atomic E-state index is 11.1. The van der Waals surface area contributed by atoms with Crippen molar-refractivity contribution in [3.63, 3.8) is 0 Å². The molecule has 1 aliphatic rings. The van der Waals surface area contributed by atoms with Gasteiger partial charge in [-0.25, -0.2) is 0 Å². The van der Waals surface area contributed by atoms with E-state index in [0.29, 0.717) is 5.78 Å². The molecule has 0 heterocycles. The third-order valence-electron chi connectivity index (χ3n) is 2.33. The van der Waals surface area contributed by atoms with Crippen LogP contribution in [0.5, 0.6) is 0 Å². The van der Waals surface area contributed by atoms with E-state index >= 15 is 0 Å². The van der Waals surface area contributed by atoms with Gasteiger partial charge in [-0.15, -0.1) is 0 Å². The molecular weight excluding hydrogens is 164 g/mol. The molecule has 13 heavy (non-hydrogen) atoms. The molecule has 0 aromatic rings. The van der Waals surface area contributed by atoms with Gasteiger partial charge in [-0.05, 0) is 39.7 Å². The molecule has 2 heteroatoms. The first-order chi connectivity index (χ1) is 6.09. The molecule has 1 aliphatic carbocycles. The van der Waals surface area contributed by atoms with Crippen LogP contribution >= 0.6 is 0 Å². The average Bonchev–Trinajstić information content (AvgIpc) is 2.04. The van der Waals surface area contributed by atoms with Crippen LogP contribution in [0, 0.1) is 5.92 Å². The smallest absolute Gasteiger partial charge is 0.133 e. The van der Waals surface area contributed by atoms with E-state index in [1.165, 1.54) is 0 Å². The summed E-state index contributed by atoms with van der Waals surface area (Å²) in [6, 6.07) is 0. The maximum absolute atomic E-state index is 11.1. The van der Waals surface area contributed by atoms with Crippen LogP contribution in [0.3, 0.4) is 0 Å². The van der Waals surface area contributed by atoms with Crippen molar-refractivity contribution < 1.29 is 9.53 Å². The van der Waals surface area contributed by atoms with Gasteiger partial charge < -0.3 is 4.74 Å². The third-order valence-corrected chi connectivity index (χ3v) is 2.33. The maximum Gasteiger partial charge on any atom is 0.133 e. The standard InChI is InChI=1S/C11H18O2/c1-8(2)13-11-6-4-10(5-7-11)9(3)12/h6,8,10H,4-5,7H2,1-3H3. The van der Waals surface area contributed by atoms with E-state index in [9.17, 15) is 4.79 Å². The van der Waals surface area contributed by atoms with Gasteiger partial charge in [0.25, 0.3) is 0 Å². The van der Waals surface area contributed by atoms with Crippen LogP contribution in [-0.2, 0) is 9.53 Å². The zero-order chi connectivity index (χ0) is 9.84. The second kappa shape index (κ2) is 4.45. The highest BCUT2D eigenvalue weighted by atomic mass is 16.5. The summed E-state index contributed by atoms with van der Waals surface area (Å²) in [5, 5.41) is 0. The van der Waals surface area contributed by atoms with Crippen molar-refractivity contribution in [2.24, 2.45) is 5.92 Å². The molecule has 0 N–H and O–H groups in total. The fourth-order valence-corrected chi connectivity index (χ4v) is 1.59. The number of carbonyl (C=O) groups is 1. The minimum Gasteiger partial charge on any atom is -0.496 e. The second-order valence-electron chi connectivity index (χ2n) is 3.92. The van der Waals surface area contributed by atoms with E-state index in [2.05, 4.69) is 6.08 Å². The zero-order valence-corrected chi connectivity index (χ0v) is 8.67. The van der Waals surface area contributed by atoms with Crippen LogP contribution in [0.4, 0.5) is 0 Å². The largest absolute Gasteiger partial charge is 0.496 e. The van der Waals surface area contributed by atoms with Crippen molar-refractivity contribution in [3.8, 4) is 0 Å². The highest BCUT2D eigenvalue weighted by Gasteiger charge is 2.18. The Bertz CT molecular complexity index is 216. The van der Waals surface area contributed by atoms with Gasteiger partial charge in [-0.2, -0.15) is 0 Å². The summed E-state index contributed by atoms with van der Waals surface area (Å²) in [4.78, 5) is 11.1. The fourth-order valence-electron chi connectivity index (χ4n) is 1.59. The summed E-state index contributed by atoms with van der Waals surface area (Å²) in [5.74, 6) is 1.60. The first kappa shape index (κ1) is 10.3. The predicted octanol–water partition coefficient (Wildman–Crippen LogP) is 2.68. The van der Waals surface area contributed by atoms with E-state index in [0.717, 1.165) is 25.0 Å². The van der Waals surface area contributed by atoms with Gasteiger partial charge >= 0.3 is 0 Å². The Morgan fingerprint density at radius 3 is 2.69 bits per heavy atom. The predicted molar refractivity (Wildman–Crippen MR) is 52.3 cm³/mol. The molecule has 1 unspecified atom stereocenters. The van der Waals surface area contributed by atoms with Crippen molar-refractivity contribution in [1.82, 2.24) is 0 Å². The lowest BCUT2D eigenvalue weighted by Crippen LogP contribution is -2.15. The number of rotatable bonds is 3. The van der Waals surface area contributed by atoms with Crippen LogP contribution in [0.15, 0.2) is 11.8 Å². The van der Waals surface area contributed by atoms with Crippen LogP contribution in [0.1, 0.15) is 40.0 Å². The Kier molecular flexibility index (Phi) is 3.52. The lowest BCUT2D eigenvalue weighted by Gasteiger charge is -2.21. The summed E-state index contributed by atoms with van der Waals surface area (Å²) in [5.41, 5.74) is 0. The van der Waals surface area contributed by atoms with Crippen molar-refractivity contribution in [2.75, 3.05) is 0 Å². The van der Waals surface area contributed by atoms with E-state index in [1.54, 1.807) is 6.92 Å². The van der Waals surface area contributed by atoms with Gasteiger partial charge in [-0.3, -0.25) is 4.79 Å². The Morgan fingerprint density at radius 2 is 2.31 bits per heavy atom. The molecule has 0 aliphatic heterocycles. The molecule has 0 spiro atoms. The molecule has 2 nitrogen and oxygen atoms in total. The quantitative estimate of drug-likeness (QED) is 0.670. The number of allylic oxidation sites excluding steroid dienone is 2. The van der Waals surface area contributed by atoms with Gasteiger partial charge in [0.15, 0.2) is 0 Å². The normalized spacial score (nSPS) is 22.8. The van der Waals surface area contributed by atoms with E-state index in [1.807, 2.05) is 13.8 Å². The molecule has 0 radical (unpaired) electrons. The molecule has 74 valence electrons. The molecule has 0 amide bonds. The molecule has 0 saturated carbocycles. The Morgan fingerprint density at radius 1 is 1.62 bits per heavy atom. The van der Waals surface area contributed by atoms with E-state index in [4.69, 9.17) is 4.74 Å². The van der Waals surface area contributed by atoms with Gasteiger partial charge in [0, 0.05) is 12.3 Å². The Balaban J connectivity index is 2.43. The third kappa shape index (κ3) is 3.21. The van der Waals surface area contributed by atoms with Gasteiger partial charge in [0.2, 0.25) is 0 Å². The molecule has 1 rings (SSSR count). The van der Waals surface area contributed by atoms with Crippen molar-refractivity contribution in [2.45, 2.75) is 46.1 Å². The number of hydrogen-bond acceptors (Lipinski definition) is 2. The van der Waals surface area contributed by atoms with Gasteiger partial charge in [0.1, 0.15) is 5.78 Å². The molecule has 0 bridgehead atoms. The lowest BCUT2D eigenvalue weighted by atomic mass is 9.90. The molecule has 0 aromatic carbocycles. The molecule has 0 fully saturated rings. The summed E-state index contributed by atoms with van der Waals surface area (Å²) in [7, 11) is 0. The summed E-state index contributed by atoms with van der Waals surface area (Å²) in [6.45, 7) is 5.72. The van der Waals surface area contributed by atoms with Crippen molar-refractivity contribution >= 4 is 5.78 Å². The first-order valence-corrected chi connectivity index (χ1v) is 4.95. The van der Waals surface area contributed by atoms with E-state index in [-0.39, 0.29) is 12.0 Å². The minimum atomic E-state index is 0.236. The number of Topliss-reactive ketones (excluding diaryl/α,β-unsaturated/α-hetero) is 1. The Hall–Kier alpha value is -0.790. The number of hydrogen-bond donors (Lipinski definition) is 0. The summed E-state index contributed by atoms with van der Waals surface area (Å²) >= 11 is 0. The van der Waals surface area contributed by atoms with Gasteiger partial charge in [-0.1, -0.05) is 0 Å². The Labute approximate surface area is 80.0 Å². The van der Waals surface area contributed by atoms with E-state index < -0.39 is 0 Å². The van der Waals surface area contributed by atoms with Crippen LogP contribution < -0.4 is 0 Å². The topological polar surface area (TPSA) is 26.3 Å². The van der Waals surface area contributed by atoms with Gasteiger partial charge in [0.05, 0.1) is 11.9 Å². The number of ether oxygens (including phenoxy) is 1. The highest BCUT2D eigenvalue weighted by molar-refractivity contribution is 5.78. The molecule has 0 saturated heterocycles. The average molecular weight is 182 g/mol. The summed E-state index contributed by atoms with van der Waals surface area (Å²) in [6.07, 6.45) is 5.05. The molecular formula is C11H18O2. The van der Waals surface area contributed by atoms with Crippen LogP contribution in [0.2, 0.25) is 0 Å². The second-order valence-corrected chi connectivity index (χ2v) is 3.92. The number of ketones is 1. The lowest BCUT2D eigenvalue weighted by molar-refractivity contribution is -0.121.